The first-order chi connectivity index (χ1) is 8.83. The third kappa shape index (κ3) is 2.55. The van der Waals surface area contributed by atoms with Crippen LogP contribution in [0.1, 0.15) is 5.56 Å². The number of nitrogens with one attached hydrogen (secondary N) is 1. The van der Waals surface area contributed by atoms with Crippen LogP contribution in [-0.4, -0.2) is 44.4 Å². The smallest absolute Gasteiger partial charge is 0.231 e. The molecule has 4 nitrogen and oxygen atoms in total. The van der Waals surface area contributed by atoms with Crippen molar-refractivity contribution in [3.8, 4) is 11.5 Å². The van der Waals surface area contributed by atoms with Gasteiger partial charge >= 0.3 is 0 Å². The Kier molecular flexibility index (Phi) is 3.59. The summed E-state index contributed by atoms with van der Waals surface area (Å²) >= 11 is 6.26. The van der Waals surface area contributed by atoms with Crippen LogP contribution in [0.3, 0.4) is 0 Å². The topological polar surface area (TPSA) is 33.7 Å². The lowest BCUT2D eigenvalue weighted by molar-refractivity contribution is 0.174. The third-order valence-corrected chi connectivity index (χ3v) is 3.80. The van der Waals surface area contributed by atoms with E-state index >= 15 is 0 Å². The maximum Gasteiger partial charge on any atom is 0.231 e. The molecule has 98 valence electrons. The highest BCUT2D eigenvalue weighted by atomic mass is 35.5. The van der Waals surface area contributed by atoms with Gasteiger partial charge in [-0.2, -0.15) is 0 Å². The van der Waals surface area contributed by atoms with Crippen molar-refractivity contribution in [1.82, 2.24) is 10.2 Å². The van der Waals surface area contributed by atoms with Crippen molar-refractivity contribution >= 4 is 11.6 Å². The highest BCUT2D eigenvalue weighted by Gasteiger charge is 2.17. The van der Waals surface area contributed by atoms with Crippen LogP contribution in [0.2, 0.25) is 5.02 Å². The van der Waals surface area contributed by atoms with Crippen molar-refractivity contribution in [3.05, 3.63) is 22.7 Å². The lowest BCUT2D eigenvalue weighted by Gasteiger charge is -2.27. The Morgan fingerprint density at radius 3 is 2.67 bits per heavy atom. The summed E-state index contributed by atoms with van der Waals surface area (Å²) in [6.45, 7) is 5.72. The van der Waals surface area contributed by atoms with Crippen LogP contribution in [0.25, 0.3) is 0 Å². The van der Waals surface area contributed by atoms with Crippen LogP contribution < -0.4 is 14.8 Å². The number of piperazine rings is 1. The fourth-order valence-corrected chi connectivity index (χ4v) is 2.61. The molecule has 1 aromatic carbocycles. The van der Waals surface area contributed by atoms with Crippen LogP contribution in [-0.2, 0) is 6.42 Å². The minimum atomic E-state index is 0.299. The minimum Gasteiger partial charge on any atom is -0.454 e. The molecule has 0 saturated carbocycles. The summed E-state index contributed by atoms with van der Waals surface area (Å²) < 4.78 is 10.7. The van der Waals surface area contributed by atoms with Gasteiger partial charge in [0, 0.05) is 43.8 Å². The normalized spacial score (nSPS) is 19.2. The van der Waals surface area contributed by atoms with Gasteiger partial charge in [0.1, 0.15) is 0 Å². The van der Waals surface area contributed by atoms with Crippen molar-refractivity contribution in [3.63, 3.8) is 0 Å². The standard InChI is InChI=1S/C13H17ClN2O2/c14-11-8-13-12(17-9-18-13)7-10(11)1-4-16-5-2-15-3-6-16/h7-8,15H,1-6,9H2. The summed E-state index contributed by atoms with van der Waals surface area (Å²) in [6, 6.07) is 3.86. The Labute approximate surface area is 112 Å². The predicted octanol–water partition coefficient (Wildman–Crippen LogP) is 1.52. The Morgan fingerprint density at radius 1 is 1.17 bits per heavy atom. The molecule has 0 aliphatic carbocycles. The number of hydrogen-bond donors (Lipinski definition) is 1. The van der Waals surface area contributed by atoms with Gasteiger partial charge in [0.15, 0.2) is 11.5 Å². The van der Waals surface area contributed by atoms with Crippen LogP contribution >= 0.6 is 11.6 Å². The fourth-order valence-electron chi connectivity index (χ4n) is 2.36. The molecular weight excluding hydrogens is 252 g/mol. The Bertz CT molecular complexity index is 433. The van der Waals surface area contributed by atoms with E-state index in [4.69, 9.17) is 21.1 Å². The first-order valence-corrected chi connectivity index (χ1v) is 6.72. The number of hydrogen-bond acceptors (Lipinski definition) is 4. The molecular formula is C13H17ClN2O2. The van der Waals surface area contributed by atoms with Gasteiger partial charge in [0.05, 0.1) is 0 Å². The van der Waals surface area contributed by atoms with Gasteiger partial charge in [-0.1, -0.05) is 11.6 Å². The molecule has 0 bridgehead atoms. The van der Waals surface area contributed by atoms with E-state index in [1.807, 2.05) is 12.1 Å². The summed E-state index contributed by atoms with van der Waals surface area (Å²) in [5.74, 6) is 1.57. The van der Waals surface area contributed by atoms with E-state index in [0.717, 1.165) is 61.2 Å². The first-order valence-electron chi connectivity index (χ1n) is 6.34. The molecule has 0 amide bonds. The van der Waals surface area contributed by atoms with E-state index in [1.54, 1.807) is 0 Å². The summed E-state index contributed by atoms with van der Waals surface area (Å²) in [4.78, 5) is 2.46. The second-order valence-corrected chi connectivity index (χ2v) is 5.05. The zero-order valence-electron chi connectivity index (χ0n) is 10.2. The van der Waals surface area contributed by atoms with Crippen LogP contribution in [0.4, 0.5) is 0 Å². The number of fused-ring (bicyclic) bond motifs is 1. The molecule has 3 rings (SSSR count). The fraction of sp³-hybridized carbons (Fsp3) is 0.538. The SMILES string of the molecule is Clc1cc2c(cc1CCN1CCNCC1)OCO2. The molecule has 1 N–H and O–H groups in total. The molecule has 1 fully saturated rings. The van der Waals surface area contributed by atoms with Crippen molar-refractivity contribution in [1.29, 1.82) is 0 Å². The summed E-state index contributed by atoms with van der Waals surface area (Å²) in [7, 11) is 0. The van der Waals surface area contributed by atoms with Crippen molar-refractivity contribution in [2.24, 2.45) is 0 Å². The van der Waals surface area contributed by atoms with Crippen molar-refractivity contribution in [2.45, 2.75) is 6.42 Å². The highest BCUT2D eigenvalue weighted by molar-refractivity contribution is 6.31. The first kappa shape index (κ1) is 12.1. The molecule has 18 heavy (non-hydrogen) atoms. The quantitative estimate of drug-likeness (QED) is 0.901. The second kappa shape index (κ2) is 5.34. The molecule has 0 unspecified atom stereocenters. The van der Waals surface area contributed by atoms with Gasteiger partial charge in [0.2, 0.25) is 6.79 Å². The predicted molar refractivity (Wildman–Crippen MR) is 70.6 cm³/mol. The lowest BCUT2D eigenvalue weighted by atomic mass is 10.1. The number of nitrogens with zero attached hydrogens (tertiary/aromatic N) is 1. The molecule has 0 spiro atoms. The van der Waals surface area contributed by atoms with Gasteiger partial charge in [-0.25, -0.2) is 0 Å². The van der Waals surface area contributed by atoms with Gasteiger partial charge in [-0.05, 0) is 18.1 Å². The van der Waals surface area contributed by atoms with E-state index in [-0.39, 0.29) is 0 Å². The Morgan fingerprint density at radius 2 is 1.89 bits per heavy atom. The summed E-state index contributed by atoms with van der Waals surface area (Å²) in [5.41, 5.74) is 1.14. The highest BCUT2D eigenvalue weighted by Crippen LogP contribution is 2.36. The average molecular weight is 269 g/mol. The lowest BCUT2D eigenvalue weighted by Crippen LogP contribution is -2.44. The Balaban J connectivity index is 1.65. The number of halogens is 1. The number of rotatable bonds is 3. The Hall–Kier alpha value is -0.970. The maximum absolute atomic E-state index is 6.26. The monoisotopic (exact) mass is 268 g/mol. The van der Waals surface area contributed by atoms with Crippen LogP contribution in [0, 0.1) is 0 Å². The van der Waals surface area contributed by atoms with Crippen molar-refractivity contribution in [2.75, 3.05) is 39.5 Å². The molecule has 2 aliphatic heterocycles. The van der Waals surface area contributed by atoms with Crippen LogP contribution in [0.15, 0.2) is 12.1 Å². The summed E-state index contributed by atoms with van der Waals surface area (Å²) in [6.07, 6.45) is 0.954. The zero-order chi connectivity index (χ0) is 12.4. The van der Waals surface area contributed by atoms with E-state index in [9.17, 15) is 0 Å². The van der Waals surface area contributed by atoms with Gasteiger partial charge in [-0.15, -0.1) is 0 Å². The maximum atomic E-state index is 6.26. The molecule has 2 heterocycles. The summed E-state index contributed by atoms with van der Waals surface area (Å²) in [5, 5.41) is 4.13. The van der Waals surface area contributed by atoms with E-state index in [1.165, 1.54) is 0 Å². The third-order valence-electron chi connectivity index (χ3n) is 3.45. The molecule has 0 aromatic heterocycles. The van der Waals surface area contributed by atoms with E-state index in [2.05, 4.69) is 10.2 Å². The van der Waals surface area contributed by atoms with E-state index in [0.29, 0.717) is 6.79 Å². The zero-order valence-corrected chi connectivity index (χ0v) is 11.0. The molecule has 1 saturated heterocycles. The number of benzene rings is 1. The molecule has 1 aromatic rings. The second-order valence-electron chi connectivity index (χ2n) is 4.64. The molecule has 0 atom stereocenters. The molecule has 5 heteroatoms. The molecule has 2 aliphatic rings. The number of ether oxygens (including phenoxy) is 2. The minimum absolute atomic E-state index is 0.299. The largest absolute Gasteiger partial charge is 0.454 e. The van der Waals surface area contributed by atoms with Gasteiger partial charge < -0.3 is 19.7 Å². The van der Waals surface area contributed by atoms with Crippen LogP contribution in [0.5, 0.6) is 11.5 Å². The average Bonchev–Trinajstić information content (AvgIpc) is 2.84. The van der Waals surface area contributed by atoms with Gasteiger partial charge in [0.25, 0.3) is 0 Å². The van der Waals surface area contributed by atoms with Crippen molar-refractivity contribution < 1.29 is 9.47 Å². The van der Waals surface area contributed by atoms with Gasteiger partial charge in [-0.3, -0.25) is 0 Å². The molecule has 0 radical (unpaired) electrons. The van der Waals surface area contributed by atoms with E-state index < -0.39 is 0 Å².